The minimum Gasteiger partial charge on any atom is -0.322 e. The number of hydrogen-bond acceptors (Lipinski definition) is 1. The van der Waals surface area contributed by atoms with Crippen LogP contribution < -0.4 is 5.32 Å². The first kappa shape index (κ1) is 13.8. The SMILES string of the molecule is Cc1cc(Br)cc(NC(=O)c2ccc(C)c(C)c2)c1. The summed E-state index contributed by atoms with van der Waals surface area (Å²) in [6.07, 6.45) is 0. The Labute approximate surface area is 122 Å². The molecule has 0 bridgehead atoms. The molecular formula is C16H16BrNO. The smallest absolute Gasteiger partial charge is 0.255 e. The van der Waals surface area contributed by atoms with Crippen LogP contribution in [0.3, 0.4) is 0 Å². The number of carbonyl (C=O) groups is 1. The Balaban J connectivity index is 2.22. The predicted octanol–water partition coefficient (Wildman–Crippen LogP) is 4.63. The van der Waals surface area contributed by atoms with Crippen molar-refractivity contribution in [2.75, 3.05) is 5.32 Å². The molecule has 19 heavy (non-hydrogen) atoms. The number of amides is 1. The van der Waals surface area contributed by atoms with Gasteiger partial charge in [-0.25, -0.2) is 0 Å². The van der Waals surface area contributed by atoms with Crippen molar-refractivity contribution in [2.24, 2.45) is 0 Å². The van der Waals surface area contributed by atoms with Crippen LogP contribution in [0.25, 0.3) is 0 Å². The highest BCUT2D eigenvalue weighted by molar-refractivity contribution is 9.10. The van der Waals surface area contributed by atoms with E-state index in [4.69, 9.17) is 0 Å². The van der Waals surface area contributed by atoms with Crippen molar-refractivity contribution in [3.8, 4) is 0 Å². The number of anilines is 1. The van der Waals surface area contributed by atoms with Crippen LogP contribution in [0.1, 0.15) is 27.0 Å². The average molecular weight is 318 g/mol. The Bertz CT molecular complexity index is 614. The minimum atomic E-state index is -0.0828. The summed E-state index contributed by atoms with van der Waals surface area (Å²) >= 11 is 3.43. The molecule has 2 nitrogen and oxygen atoms in total. The van der Waals surface area contributed by atoms with Gasteiger partial charge in [0.25, 0.3) is 5.91 Å². The molecule has 98 valence electrons. The van der Waals surface area contributed by atoms with Gasteiger partial charge in [-0.3, -0.25) is 4.79 Å². The number of rotatable bonds is 2. The van der Waals surface area contributed by atoms with E-state index in [-0.39, 0.29) is 5.91 Å². The lowest BCUT2D eigenvalue weighted by atomic mass is 10.1. The van der Waals surface area contributed by atoms with Crippen LogP contribution in [0.5, 0.6) is 0 Å². The summed E-state index contributed by atoms with van der Waals surface area (Å²) in [4.78, 5) is 12.2. The van der Waals surface area contributed by atoms with Gasteiger partial charge in [-0.05, 0) is 67.8 Å². The first-order valence-electron chi connectivity index (χ1n) is 6.11. The maximum absolute atomic E-state index is 12.2. The fraction of sp³-hybridized carbons (Fsp3) is 0.188. The van der Waals surface area contributed by atoms with Gasteiger partial charge in [0.2, 0.25) is 0 Å². The van der Waals surface area contributed by atoms with Crippen molar-refractivity contribution in [2.45, 2.75) is 20.8 Å². The van der Waals surface area contributed by atoms with Crippen LogP contribution in [0.2, 0.25) is 0 Å². The zero-order chi connectivity index (χ0) is 14.0. The Kier molecular flexibility index (Phi) is 4.05. The van der Waals surface area contributed by atoms with E-state index in [0.29, 0.717) is 5.56 Å². The molecule has 0 aliphatic carbocycles. The molecule has 0 spiro atoms. The molecule has 2 aromatic carbocycles. The molecule has 0 aromatic heterocycles. The minimum absolute atomic E-state index is 0.0828. The van der Waals surface area contributed by atoms with E-state index in [2.05, 4.69) is 21.2 Å². The molecule has 0 saturated carbocycles. The highest BCUT2D eigenvalue weighted by Crippen LogP contribution is 2.20. The van der Waals surface area contributed by atoms with Crippen molar-refractivity contribution < 1.29 is 4.79 Å². The van der Waals surface area contributed by atoms with Gasteiger partial charge in [-0.2, -0.15) is 0 Å². The lowest BCUT2D eigenvalue weighted by molar-refractivity contribution is 0.102. The standard InChI is InChI=1S/C16H16BrNO/c1-10-6-14(17)9-15(7-10)18-16(19)13-5-4-11(2)12(3)8-13/h4-9H,1-3H3,(H,18,19). The fourth-order valence-electron chi connectivity index (χ4n) is 1.89. The third-order valence-corrected chi connectivity index (χ3v) is 3.53. The van der Waals surface area contributed by atoms with Crippen molar-refractivity contribution in [1.82, 2.24) is 0 Å². The third kappa shape index (κ3) is 3.44. The highest BCUT2D eigenvalue weighted by atomic mass is 79.9. The van der Waals surface area contributed by atoms with Gasteiger partial charge < -0.3 is 5.32 Å². The zero-order valence-corrected chi connectivity index (χ0v) is 12.8. The number of hydrogen-bond donors (Lipinski definition) is 1. The van der Waals surface area contributed by atoms with Gasteiger partial charge in [0.1, 0.15) is 0 Å². The Morgan fingerprint density at radius 3 is 2.37 bits per heavy atom. The van der Waals surface area contributed by atoms with E-state index in [1.54, 1.807) is 0 Å². The largest absolute Gasteiger partial charge is 0.322 e. The second-order valence-corrected chi connectivity index (χ2v) is 5.69. The highest BCUT2D eigenvalue weighted by Gasteiger charge is 2.07. The number of halogens is 1. The molecule has 0 aliphatic heterocycles. The van der Waals surface area contributed by atoms with Crippen molar-refractivity contribution in [3.63, 3.8) is 0 Å². The molecule has 0 atom stereocenters. The third-order valence-electron chi connectivity index (χ3n) is 3.07. The lowest BCUT2D eigenvalue weighted by Gasteiger charge is -2.08. The van der Waals surface area contributed by atoms with Crippen LogP contribution >= 0.6 is 15.9 Å². The molecule has 1 amide bonds. The summed E-state index contributed by atoms with van der Waals surface area (Å²) in [5.41, 5.74) is 4.90. The number of benzene rings is 2. The van der Waals surface area contributed by atoms with E-state index in [1.165, 1.54) is 5.56 Å². The summed E-state index contributed by atoms with van der Waals surface area (Å²) in [5.74, 6) is -0.0828. The second kappa shape index (κ2) is 5.57. The maximum atomic E-state index is 12.2. The molecule has 0 radical (unpaired) electrons. The Hall–Kier alpha value is -1.61. The maximum Gasteiger partial charge on any atom is 0.255 e. The van der Waals surface area contributed by atoms with Crippen molar-refractivity contribution in [3.05, 3.63) is 63.1 Å². The van der Waals surface area contributed by atoms with Gasteiger partial charge >= 0.3 is 0 Å². The molecule has 2 aromatic rings. The molecule has 3 heteroatoms. The number of carbonyl (C=O) groups excluding carboxylic acids is 1. The van der Waals surface area contributed by atoms with E-state index < -0.39 is 0 Å². The van der Waals surface area contributed by atoms with Crippen molar-refractivity contribution >= 4 is 27.5 Å². The molecule has 0 saturated heterocycles. The van der Waals surface area contributed by atoms with E-state index in [0.717, 1.165) is 21.3 Å². The molecule has 0 heterocycles. The fourth-order valence-corrected chi connectivity index (χ4v) is 2.50. The van der Waals surface area contributed by atoms with E-state index in [1.807, 2.05) is 57.2 Å². The van der Waals surface area contributed by atoms with Gasteiger partial charge in [-0.1, -0.05) is 22.0 Å². The van der Waals surface area contributed by atoms with Gasteiger partial charge in [-0.15, -0.1) is 0 Å². The number of aryl methyl sites for hydroxylation is 3. The monoisotopic (exact) mass is 317 g/mol. The summed E-state index contributed by atoms with van der Waals surface area (Å²) in [6.45, 7) is 6.04. The molecule has 0 unspecified atom stereocenters. The molecule has 0 fully saturated rings. The van der Waals surface area contributed by atoms with Gasteiger partial charge in [0.15, 0.2) is 0 Å². The van der Waals surface area contributed by atoms with Crippen LogP contribution in [0.15, 0.2) is 40.9 Å². The topological polar surface area (TPSA) is 29.1 Å². The number of nitrogens with one attached hydrogen (secondary N) is 1. The van der Waals surface area contributed by atoms with E-state index in [9.17, 15) is 4.79 Å². The first-order chi connectivity index (χ1) is 8.95. The Morgan fingerprint density at radius 2 is 1.74 bits per heavy atom. The Morgan fingerprint density at radius 1 is 1.00 bits per heavy atom. The summed E-state index contributed by atoms with van der Waals surface area (Å²) in [5, 5.41) is 2.92. The normalized spacial score (nSPS) is 10.3. The molecular weight excluding hydrogens is 302 g/mol. The van der Waals surface area contributed by atoms with Crippen LogP contribution in [0, 0.1) is 20.8 Å². The summed E-state index contributed by atoms with van der Waals surface area (Å²) in [6, 6.07) is 11.6. The lowest BCUT2D eigenvalue weighted by Crippen LogP contribution is -2.12. The van der Waals surface area contributed by atoms with Crippen molar-refractivity contribution in [1.29, 1.82) is 0 Å². The second-order valence-electron chi connectivity index (χ2n) is 4.77. The van der Waals surface area contributed by atoms with Gasteiger partial charge in [0, 0.05) is 15.7 Å². The van der Waals surface area contributed by atoms with Crippen LogP contribution in [-0.4, -0.2) is 5.91 Å². The molecule has 2 rings (SSSR count). The van der Waals surface area contributed by atoms with Gasteiger partial charge in [0.05, 0.1) is 0 Å². The molecule has 1 N–H and O–H groups in total. The first-order valence-corrected chi connectivity index (χ1v) is 6.91. The quantitative estimate of drug-likeness (QED) is 0.859. The summed E-state index contributed by atoms with van der Waals surface area (Å²) < 4.78 is 0.961. The average Bonchev–Trinajstić information content (AvgIpc) is 2.31. The molecule has 0 aliphatic rings. The van der Waals surface area contributed by atoms with Crippen LogP contribution in [-0.2, 0) is 0 Å². The zero-order valence-electron chi connectivity index (χ0n) is 11.3. The van der Waals surface area contributed by atoms with E-state index >= 15 is 0 Å². The van der Waals surface area contributed by atoms with Crippen LogP contribution in [0.4, 0.5) is 5.69 Å². The summed E-state index contributed by atoms with van der Waals surface area (Å²) in [7, 11) is 0. The predicted molar refractivity (Wildman–Crippen MR) is 82.7 cm³/mol.